The molecule has 0 amide bonds. The van der Waals surface area contributed by atoms with Gasteiger partial charge in [-0.3, -0.25) is 4.90 Å². The van der Waals surface area contributed by atoms with Crippen LogP contribution >= 0.6 is 0 Å². The fourth-order valence-corrected chi connectivity index (χ4v) is 3.31. The molecule has 1 aromatic carbocycles. The molecule has 0 radical (unpaired) electrons. The highest BCUT2D eigenvalue weighted by Gasteiger charge is 2.42. The zero-order valence-corrected chi connectivity index (χ0v) is 12.9. The second-order valence-corrected chi connectivity index (χ2v) is 5.86. The van der Waals surface area contributed by atoms with Crippen LogP contribution in [0.5, 0.6) is 5.75 Å². The van der Waals surface area contributed by atoms with E-state index in [4.69, 9.17) is 11.5 Å². The van der Waals surface area contributed by atoms with E-state index >= 15 is 0 Å². The van der Waals surface area contributed by atoms with Crippen LogP contribution in [0.15, 0.2) is 34.3 Å². The number of aliphatic imine (C=N–C) groups is 2. The summed E-state index contributed by atoms with van der Waals surface area (Å²) in [5, 5.41) is 0. The van der Waals surface area contributed by atoms with Crippen molar-refractivity contribution in [2.75, 3.05) is 4.90 Å². The number of nitrogens with two attached hydrogens (primary N) is 2. The maximum atomic E-state index is 12.5. The van der Waals surface area contributed by atoms with Crippen LogP contribution in [0.1, 0.15) is 32.1 Å². The second-order valence-electron chi connectivity index (χ2n) is 5.86. The quantitative estimate of drug-likeness (QED) is 0.865. The average molecular weight is 341 g/mol. The number of benzene rings is 1. The van der Waals surface area contributed by atoms with Crippen molar-refractivity contribution in [3.8, 4) is 5.75 Å². The Morgan fingerprint density at radius 2 is 1.83 bits per heavy atom. The number of guanidine groups is 2. The molecule has 1 aliphatic heterocycles. The van der Waals surface area contributed by atoms with Crippen molar-refractivity contribution < 1.29 is 17.9 Å². The molecule has 4 N–H and O–H groups in total. The summed E-state index contributed by atoms with van der Waals surface area (Å²) >= 11 is 0. The molecular formula is C15H18F3N5O. The third-order valence-corrected chi connectivity index (χ3v) is 4.16. The molecule has 0 bridgehead atoms. The predicted octanol–water partition coefficient (Wildman–Crippen LogP) is 2.70. The SMILES string of the molecule is NC1=NC2(CCCCC2)N(c2cccc(OC(F)(F)F)c2)C(N)=N1. The number of nitrogens with zero attached hydrogens (tertiary/aromatic N) is 3. The van der Waals surface area contributed by atoms with Crippen LogP contribution in [0.3, 0.4) is 0 Å². The Hall–Kier alpha value is -2.45. The van der Waals surface area contributed by atoms with E-state index in [1.807, 2.05) is 0 Å². The molecule has 1 heterocycles. The van der Waals surface area contributed by atoms with E-state index in [1.54, 1.807) is 11.0 Å². The molecule has 1 saturated carbocycles. The maximum absolute atomic E-state index is 12.5. The van der Waals surface area contributed by atoms with E-state index in [-0.39, 0.29) is 17.7 Å². The standard InChI is InChI=1S/C15H18F3N5O/c16-15(17,18)24-11-6-4-5-10(9-11)23-13(20)21-12(19)22-14(23)7-2-1-3-8-14/h4-6,9H,1-3,7-8H2,(H4,19,20,21,22). The van der Waals surface area contributed by atoms with Crippen molar-refractivity contribution in [2.24, 2.45) is 21.5 Å². The summed E-state index contributed by atoms with van der Waals surface area (Å²) in [6, 6.07) is 5.64. The van der Waals surface area contributed by atoms with Gasteiger partial charge in [0, 0.05) is 11.8 Å². The first-order valence-electron chi connectivity index (χ1n) is 7.65. The highest BCUT2D eigenvalue weighted by molar-refractivity contribution is 6.05. The Labute approximate surface area is 137 Å². The van der Waals surface area contributed by atoms with Gasteiger partial charge in [0.2, 0.25) is 11.9 Å². The monoisotopic (exact) mass is 341 g/mol. The first kappa shape index (κ1) is 16.4. The number of hydrogen-bond donors (Lipinski definition) is 2. The number of anilines is 1. The third-order valence-electron chi connectivity index (χ3n) is 4.16. The number of ether oxygens (including phenoxy) is 1. The van der Waals surface area contributed by atoms with E-state index in [9.17, 15) is 13.2 Å². The largest absolute Gasteiger partial charge is 0.573 e. The summed E-state index contributed by atoms with van der Waals surface area (Å²) in [5.41, 5.74) is 11.5. The van der Waals surface area contributed by atoms with Gasteiger partial charge in [0.25, 0.3) is 0 Å². The molecule has 0 aromatic heterocycles. The van der Waals surface area contributed by atoms with E-state index in [2.05, 4.69) is 14.7 Å². The maximum Gasteiger partial charge on any atom is 0.573 e. The van der Waals surface area contributed by atoms with Crippen molar-refractivity contribution in [1.29, 1.82) is 0 Å². The first-order chi connectivity index (χ1) is 11.3. The van der Waals surface area contributed by atoms with Gasteiger partial charge in [0.05, 0.1) is 0 Å². The van der Waals surface area contributed by atoms with E-state index in [0.717, 1.165) is 19.3 Å². The number of alkyl halides is 3. The molecule has 9 heteroatoms. The van der Waals surface area contributed by atoms with Gasteiger partial charge in [-0.2, -0.15) is 4.99 Å². The zero-order valence-electron chi connectivity index (χ0n) is 12.9. The fraction of sp³-hybridized carbons (Fsp3) is 0.467. The van der Waals surface area contributed by atoms with Crippen LogP contribution in [0.2, 0.25) is 0 Å². The van der Waals surface area contributed by atoms with Crippen LogP contribution in [-0.4, -0.2) is 23.9 Å². The van der Waals surface area contributed by atoms with Crippen molar-refractivity contribution in [3.05, 3.63) is 24.3 Å². The van der Waals surface area contributed by atoms with Crippen LogP contribution in [0.25, 0.3) is 0 Å². The second kappa shape index (κ2) is 5.88. The van der Waals surface area contributed by atoms with Gasteiger partial charge < -0.3 is 16.2 Å². The van der Waals surface area contributed by atoms with Crippen LogP contribution in [0, 0.1) is 0 Å². The molecule has 3 rings (SSSR count). The molecule has 6 nitrogen and oxygen atoms in total. The predicted molar refractivity (Wildman–Crippen MR) is 84.7 cm³/mol. The minimum atomic E-state index is -4.76. The van der Waals surface area contributed by atoms with Gasteiger partial charge in [-0.25, -0.2) is 4.99 Å². The Bertz CT molecular complexity index is 680. The molecular weight excluding hydrogens is 323 g/mol. The minimum Gasteiger partial charge on any atom is -0.406 e. The lowest BCUT2D eigenvalue weighted by Gasteiger charge is -2.45. The van der Waals surface area contributed by atoms with E-state index in [0.29, 0.717) is 18.5 Å². The summed E-state index contributed by atoms with van der Waals surface area (Å²) in [5.74, 6) is -0.108. The molecule has 1 aliphatic carbocycles. The lowest BCUT2D eigenvalue weighted by Crippen LogP contribution is -2.58. The molecule has 1 spiro atoms. The first-order valence-corrected chi connectivity index (χ1v) is 7.65. The van der Waals surface area contributed by atoms with E-state index in [1.165, 1.54) is 18.2 Å². The molecule has 1 aromatic rings. The number of halogens is 3. The molecule has 2 aliphatic rings. The molecule has 0 saturated heterocycles. The summed E-state index contributed by atoms with van der Waals surface area (Å²) in [6.07, 6.45) is -0.425. The van der Waals surface area contributed by atoms with Crippen LogP contribution in [0.4, 0.5) is 18.9 Å². The van der Waals surface area contributed by atoms with Gasteiger partial charge in [-0.1, -0.05) is 12.5 Å². The summed E-state index contributed by atoms with van der Waals surface area (Å²) in [4.78, 5) is 10.1. The zero-order chi connectivity index (χ0) is 17.4. The summed E-state index contributed by atoms with van der Waals surface area (Å²) in [7, 11) is 0. The lowest BCUT2D eigenvalue weighted by atomic mass is 9.87. The van der Waals surface area contributed by atoms with Crippen molar-refractivity contribution in [3.63, 3.8) is 0 Å². The van der Waals surface area contributed by atoms with Gasteiger partial charge >= 0.3 is 6.36 Å². The Kier molecular flexibility index (Phi) is 4.02. The smallest absolute Gasteiger partial charge is 0.406 e. The van der Waals surface area contributed by atoms with Crippen molar-refractivity contribution >= 4 is 17.6 Å². The van der Waals surface area contributed by atoms with Crippen molar-refractivity contribution in [2.45, 2.75) is 44.1 Å². The van der Waals surface area contributed by atoms with Crippen molar-refractivity contribution in [1.82, 2.24) is 0 Å². The van der Waals surface area contributed by atoms with E-state index < -0.39 is 12.0 Å². The Balaban J connectivity index is 1.99. The average Bonchev–Trinajstić information content (AvgIpc) is 2.45. The third kappa shape index (κ3) is 3.24. The molecule has 130 valence electrons. The molecule has 0 unspecified atom stereocenters. The number of hydrogen-bond acceptors (Lipinski definition) is 6. The molecule has 24 heavy (non-hydrogen) atoms. The topological polar surface area (TPSA) is 89.2 Å². The van der Waals surface area contributed by atoms with Gasteiger partial charge in [-0.15, -0.1) is 13.2 Å². The Morgan fingerprint density at radius 3 is 2.50 bits per heavy atom. The fourth-order valence-electron chi connectivity index (χ4n) is 3.31. The van der Waals surface area contributed by atoms with Gasteiger partial charge in [0.15, 0.2) is 0 Å². The minimum absolute atomic E-state index is 0.0911. The Morgan fingerprint density at radius 1 is 1.12 bits per heavy atom. The summed E-state index contributed by atoms with van der Waals surface area (Å²) in [6.45, 7) is 0. The highest BCUT2D eigenvalue weighted by atomic mass is 19.4. The highest BCUT2D eigenvalue weighted by Crippen LogP contribution is 2.40. The molecule has 1 fully saturated rings. The summed E-state index contributed by atoms with van der Waals surface area (Å²) < 4.78 is 41.4. The van der Waals surface area contributed by atoms with Gasteiger partial charge in [0.1, 0.15) is 11.4 Å². The van der Waals surface area contributed by atoms with Gasteiger partial charge in [-0.05, 0) is 37.8 Å². The molecule has 0 atom stereocenters. The van der Waals surface area contributed by atoms with Crippen LogP contribution in [-0.2, 0) is 0 Å². The van der Waals surface area contributed by atoms with Crippen LogP contribution < -0.4 is 21.1 Å². The number of rotatable bonds is 2. The normalized spacial score (nSPS) is 20.5. The lowest BCUT2D eigenvalue weighted by molar-refractivity contribution is -0.274.